The Kier molecular flexibility index (Phi) is 3.91. The van der Waals surface area contributed by atoms with Crippen LogP contribution in [-0.4, -0.2) is 23.1 Å². The Morgan fingerprint density at radius 1 is 1.05 bits per heavy atom. The van der Waals surface area contributed by atoms with Crippen molar-refractivity contribution >= 4 is 16.7 Å². The minimum Gasteiger partial charge on any atom is -0.492 e. The molecule has 21 heavy (non-hydrogen) atoms. The lowest BCUT2D eigenvalue weighted by Crippen LogP contribution is -2.12. The van der Waals surface area contributed by atoms with E-state index in [2.05, 4.69) is 15.3 Å². The van der Waals surface area contributed by atoms with Crippen LogP contribution in [0.25, 0.3) is 10.9 Å². The average molecular weight is 283 g/mol. The van der Waals surface area contributed by atoms with Gasteiger partial charge in [0, 0.05) is 5.39 Å². The second kappa shape index (κ2) is 6.17. The molecule has 0 fully saturated rings. The maximum absolute atomic E-state index is 13.3. The normalized spacial score (nSPS) is 10.5. The lowest BCUT2D eigenvalue weighted by atomic mass is 10.2. The Morgan fingerprint density at radius 3 is 2.76 bits per heavy atom. The average Bonchev–Trinajstić information content (AvgIpc) is 2.53. The van der Waals surface area contributed by atoms with Crippen molar-refractivity contribution in [2.75, 3.05) is 18.5 Å². The summed E-state index contributed by atoms with van der Waals surface area (Å²) in [6.45, 7) is 1.06. The molecule has 0 aliphatic carbocycles. The fourth-order valence-corrected chi connectivity index (χ4v) is 2.02. The molecule has 0 spiro atoms. The molecule has 3 rings (SSSR count). The van der Waals surface area contributed by atoms with Crippen molar-refractivity contribution in [2.45, 2.75) is 0 Å². The van der Waals surface area contributed by atoms with Gasteiger partial charge in [-0.1, -0.05) is 18.2 Å². The standard InChI is InChI=1S/C16H14FN3O/c17-12-6-7-15-14(10-12)16(20-11-19-15)18-8-9-21-13-4-2-1-3-5-13/h1-7,10-11H,8-9H2,(H,18,19,20). The number of nitrogens with one attached hydrogen (secondary N) is 1. The van der Waals surface area contributed by atoms with Gasteiger partial charge in [0.05, 0.1) is 12.1 Å². The van der Waals surface area contributed by atoms with E-state index in [0.717, 1.165) is 5.75 Å². The topological polar surface area (TPSA) is 47.0 Å². The van der Waals surface area contributed by atoms with E-state index in [4.69, 9.17) is 4.74 Å². The predicted octanol–water partition coefficient (Wildman–Crippen LogP) is 3.26. The van der Waals surface area contributed by atoms with Crippen LogP contribution in [-0.2, 0) is 0 Å². The summed E-state index contributed by atoms with van der Waals surface area (Å²) in [7, 11) is 0. The van der Waals surface area contributed by atoms with Crippen LogP contribution >= 0.6 is 0 Å². The SMILES string of the molecule is Fc1ccc2ncnc(NCCOc3ccccc3)c2c1. The van der Waals surface area contributed by atoms with Gasteiger partial charge in [0.15, 0.2) is 0 Å². The molecule has 0 amide bonds. The van der Waals surface area contributed by atoms with Crippen LogP contribution in [0.1, 0.15) is 0 Å². The first-order valence-electron chi connectivity index (χ1n) is 6.65. The third-order valence-electron chi connectivity index (χ3n) is 3.00. The second-order valence-electron chi connectivity index (χ2n) is 4.47. The van der Waals surface area contributed by atoms with Crippen molar-refractivity contribution in [2.24, 2.45) is 0 Å². The van der Waals surface area contributed by atoms with Crippen molar-refractivity contribution in [1.82, 2.24) is 9.97 Å². The van der Waals surface area contributed by atoms with Gasteiger partial charge in [-0.05, 0) is 30.3 Å². The third-order valence-corrected chi connectivity index (χ3v) is 3.00. The van der Waals surface area contributed by atoms with Crippen molar-refractivity contribution in [1.29, 1.82) is 0 Å². The van der Waals surface area contributed by atoms with E-state index in [-0.39, 0.29) is 5.82 Å². The Morgan fingerprint density at radius 2 is 1.90 bits per heavy atom. The molecule has 1 aromatic heterocycles. The summed E-state index contributed by atoms with van der Waals surface area (Å²) < 4.78 is 18.9. The Hall–Kier alpha value is -2.69. The maximum Gasteiger partial charge on any atom is 0.137 e. The third kappa shape index (κ3) is 3.25. The zero-order valence-corrected chi connectivity index (χ0v) is 11.3. The van der Waals surface area contributed by atoms with Crippen LogP contribution in [0.15, 0.2) is 54.9 Å². The maximum atomic E-state index is 13.3. The highest BCUT2D eigenvalue weighted by atomic mass is 19.1. The van der Waals surface area contributed by atoms with Gasteiger partial charge < -0.3 is 10.1 Å². The minimum absolute atomic E-state index is 0.305. The summed E-state index contributed by atoms with van der Waals surface area (Å²) in [5.74, 6) is 1.12. The van der Waals surface area contributed by atoms with Crippen LogP contribution in [0.4, 0.5) is 10.2 Å². The first kappa shape index (κ1) is 13.3. The number of rotatable bonds is 5. The summed E-state index contributed by atoms with van der Waals surface area (Å²) in [5, 5.41) is 3.81. The summed E-state index contributed by atoms with van der Waals surface area (Å²) >= 11 is 0. The number of para-hydroxylation sites is 1. The highest BCUT2D eigenvalue weighted by Crippen LogP contribution is 2.19. The number of anilines is 1. The van der Waals surface area contributed by atoms with Gasteiger partial charge in [-0.2, -0.15) is 0 Å². The molecule has 106 valence electrons. The van der Waals surface area contributed by atoms with Gasteiger partial charge in [0.1, 0.15) is 30.3 Å². The molecule has 5 heteroatoms. The van der Waals surface area contributed by atoms with E-state index in [0.29, 0.717) is 29.9 Å². The molecular formula is C16H14FN3O. The molecular weight excluding hydrogens is 269 g/mol. The van der Waals surface area contributed by atoms with Crippen LogP contribution in [0.2, 0.25) is 0 Å². The van der Waals surface area contributed by atoms with E-state index in [1.54, 1.807) is 6.07 Å². The number of halogens is 1. The number of hydrogen-bond donors (Lipinski definition) is 1. The second-order valence-corrected chi connectivity index (χ2v) is 4.47. The molecule has 0 aliphatic rings. The number of nitrogens with zero attached hydrogens (tertiary/aromatic N) is 2. The Balaban J connectivity index is 1.64. The molecule has 2 aromatic carbocycles. The number of hydrogen-bond acceptors (Lipinski definition) is 4. The fraction of sp³-hybridized carbons (Fsp3) is 0.125. The molecule has 0 aliphatic heterocycles. The van der Waals surface area contributed by atoms with Crippen molar-refractivity contribution in [3.63, 3.8) is 0 Å². The van der Waals surface area contributed by atoms with Crippen molar-refractivity contribution in [3.05, 3.63) is 60.7 Å². The molecule has 0 unspecified atom stereocenters. The number of fused-ring (bicyclic) bond motifs is 1. The Bertz CT molecular complexity index is 734. The first-order valence-corrected chi connectivity index (χ1v) is 6.65. The largest absolute Gasteiger partial charge is 0.492 e. The lowest BCUT2D eigenvalue weighted by Gasteiger charge is -2.09. The summed E-state index contributed by atoms with van der Waals surface area (Å²) in [6, 6.07) is 14.0. The van der Waals surface area contributed by atoms with E-state index in [1.807, 2.05) is 30.3 Å². The van der Waals surface area contributed by atoms with Crippen LogP contribution in [0.5, 0.6) is 5.75 Å². The molecule has 0 saturated carbocycles. The van der Waals surface area contributed by atoms with Gasteiger partial charge in [0.25, 0.3) is 0 Å². The first-order chi connectivity index (χ1) is 10.3. The molecule has 4 nitrogen and oxygen atoms in total. The lowest BCUT2D eigenvalue weighted by molar-refractivity contribution is 0.333. The van der Waals surface area contributed by atoms with E-state index < -0.39 is 0 Å². The van der Waals surface area contributed by atoms with Gasteiger partial charge in [-0.25, -0.2) is 14.4 Å². The van der Waals surface area contributed by atoms with Crippen LogP contribution < -0.4 is 10.1 Å². The summed E-state index contributed by atoms with van der Waals surface area (Å²) in [4.78, 5) is 8.26. The van der Waals surface area contributed by atoms with Crippen molar-refractivity contribution < 1.29 is 9.13 Å². The molecule has 0 radical (unpaired) electrons. The van der Waals surface area contributed by atoms with Crippen LogP contribution in [0, 0.1) is 5.82 Å². The summed E-state index contributed by atoms with van der Waals surface area (Å²) in [5.41, 5.74) is 0.706. The van der Waals surface area contributed by atoms with E-state index >= 15 is 0 Å². The van der Waals surface area contributed by atoms with Gasteiger partial charge in [-0.15, -0.1) is 0 Å². The fourth-order valence-electron chi connectivity index (χ4n) is 2.02. The molecule has 0 saturated heterocycles. The molecule has 0 atom stereocenters. The number of ether oxygens (including phenoxy) is 1. The van der Waals surface area contributed by atoms with E-state index in [1.165, 1.54) is 18.5 Å². The predicted molar refractivity (Wildman–Crippen MR) is 79.9 cm³/mol. The zero-order chi connectivity index (χ0) is 14.5. The molecule has 3 aromatic rings. The van der Waals surface area contributed by atoms with Crippen LogP contribution in [0.3, 0.4) is 0 Å². The number of aromatic nitrogens is 2. The Labute approximate surface area is 121 Å². The molecule has 1 N–H and O–H groups in total. The minimum atomic E-state index is -0.305. The van der Waals surface area contributed by atoms with Gasteiger partial charge in [-0.3, -0.25) is 0 Å². The quantitative estimate of drug-likeness (QED) is 0.730. The highest BCUT2D eigenvalue weighted by Gasteiger charge is 2.04. The smallest absolute Gasteiger partial charge is 0.137 e. The molecule has 0 bridgehead atoms. The monoisotopic (exact) mass is 283 g/mol. The van der Waals surface area contributed by atoms with Gasteiger partial charge in [0.2, 0.25) is 0 Å². The highest BCUT2D eigenvalue weighted by molar-refractivity contribution is 5.88. The zero-order valence-electron chi connectivity index (χ0n) is 11.3. The van der Waals surface area contributed by atoms with Gasteiger partial charge >= 0.3 is 0 Å². The van der Waals surface area contributed by atoms with Crippen molar-refractivity contribution in [3.8, 4) is 5.75 Å². The summed E-state index contributed by atoms with van der Waals surface area (Å²) in [6.07, 6.45) is 1.46. The van der Waals surface area contributed by atoms with E-state index in [9.17, 15) is 4.39 Å². The number of benzene rings is 2. The molecule has 1 heterocycles.